The van der Waals surface area contributed by atoms with E-state index in [2.05, 4.69) is 15.3 Å². The number of carbonyl (C=O) groups excluding carboxylic acids is 4. The van der Waals surface area contributed by atoms with Crippen molar-refractivity contribution in [1.82, 2.24) is 15.2 Å². The summed E-state index contributed by atoms with van der Waals surface area (Å²) < 4.78 is 11.8. The third-order valence-corrected chi connectivity index (χ3v) is 11.5. The molecule has 1 aromatic carbocycles. The van der Waals surface area contributed by atoms with Crippen LogP contribution >= 0.6 is 0 Å². The minimum absolute atomic E-state index is 0.0219. The Morgan fingerprint density at radius 2 is 1.65 bits per heavy atom. The van der Waals surface area contributed by atoms with Crippen molar-refractivity contribution in [3.63, 3.8) is 0 Å². The van der Waals surface area contributed by atoms with Gasteiger partial charge in [0.25, 0.3) is 11.7 Å². The lowest BCUT2D eigenvalue weighted by atomic mass is 9.78. The van der Waals surface area contributed by atoms with Crippen LogP contribution in [0.2, 0.25) is 0 Å². The molecule has 4 heterocycles. The summed E-state index contributed by atoms with van der Waals surface area (Å²) in [6, 6.07) is 0. The molecule has 6 rings (SSSR count). The van der Waals surface area contributed by atoms with E-state index in [1.54, 1.807) is 24.9 Å². The standard InChI is InChI=1S/C41H54N4O10/c1-22-12-11-14-40(6,53)24(3)20-23(2)33(47)25(4)28(46)13-9-10-19-54-41(7)38(51)31-29-30(34(48)26(5)37(31)55-41)36(50)32(43-39(22)52)27(35(29)49)21-42-45-17-15-44(8)16-18-45/h10-12,14,19,21,23-25,28,33,46-48,53H,9,13,15-18,20H2,1-8H3,(H,43,52)/b14-11+,19-10+,22-12-,42-21+/t23-,24?,25+,28?,33?,40?,41?/m1/s1. The Balaban J connectivity index is 1.61. The smallest absolute Gasteiger partial charge is 0.312 e. The maximum Gasteiger partial charge on any atom is 0.312 e. The van der Waals surface area contributed by atoms with Gasteiger partial charge < -0.3 is 40.1 Å². The van der Waals surface area contributed by atoms with Gasteiger partial charge in [0.2, 0.25) is 5.78 Å². The number of phenols is 1. The Labute approximate surface area is 321 Å². The van der Waals surface area contributed by atoms with Crippen LogP contribution in [0.3, 0.4) is 0 Å². The number of benzene rings is 1. The van der Waals surface area contributed by atoms with E-state index < -0.39 is 69.8 Å². The van der Waals surface area contributed by atoms with Gasteiger partial charge in [-0.25, -0.2) is 0 Å². The maximum atomic E-state index is 14.5. The molecule has 14 heteroatoms. The Morgan fingerprint density at radius 3 is 2.33 bits per heavy atom. The van der Waals surface area contributed by atoms with E-state index in [1.807, 2.05) is 20.9 Å². The fourth-order valence-electron chi connectivity index (χ4n) is 7.27. The van der Waals surface area contributed by atoms with Gasteiger partial charge in [-0.3, -0.25) is 24.2 Å². The molecule has 5 unspecified atom stereocenters. The number of piperazine rings is 1. The average molecular weight is 763 g/mol. The Kier molecular flexibility index (Phi) is 12.3. The number of likely N-dealkylation sites (N-methyl/N-ethyl adjacent to an activating group) is 1. The molecule has 0 aromatic heterocycles. The van der Waals surface area contributed by atoms with Gasteiger partial charge in [0.05, 0.1) is 52.5 Å². The van der Waals surface area contributed by atoms with Crippen LogP contribution in [-0.2, 0) is 9.53 Å². The first-order valence-corrected chi connectivity index (χ1v) is 18.8. The lowest BCUT2D eigenvalue weighted by Crippen LogP contribution is -2.42. The average Bonchev–Trinajstić information content (AvgIpc) is 3.40. The van der Waals surface area contributed by atoms with Crippen LogP contribution < -0.4 is 10.1 Å². The molecule has 4 aliphatic heterocycles. The number of allylic oxidation sites excluding steroid dienone is 5. The number of carbonyl (C=O) groups is 4. The minimum atomic E-state index is -1.97. The predicted octanol–water partition coefficient (Wildman–Crippen LogP) is 3.57. The number of nitrogens with one attached hydrogen (secondary N) is 1. The number of aliphatic hydroxyl groups excluding tert-OH is 2. The number of nitrogens with zero attached hydrogens (tertiary/aromatic N) is 3. The fourth-order valence-corrected chi connectivity index (χ4v) is 7.27. The quantitative estimate of drug-likeness (QED) is 0.275. The van der Waals surface area contributed by atoms with Gasteiger partial charge in [-0.1, -0.05) is 39.0 Å². The second kappa shape index (κ2) is 16.2. The van der Waals surface area contributed by atoms with Crippen LogP contribution in [-0.4, -0.2) is 117 Å². The number of hydrogen-bond donors (Lipinski definition) is 5. The summed E-state index contributed by atoms with van der Waals surface area (Å²) in [4.78, 5) is 58.8. The molecule has 14 nitrogen and oxygen atoms in total. The molecule has 1 aromatic rings. The molecule has 1 aliphatic carbocycles. The molecule has 7 atom stereocenters. The van der Waals surface area contributed by atoms with Gasteiger partial charge in [-0.05, 0) is 65.0 Å². The van der Waals surface area contributed by atoms with Crippen LogP contribution in [0.5, 0.6) is 11.5 Å². The van der Waals surface area contributed by atoms with E-state index in [-0.39, 0.29) is 51.8 Å². The van der Waals surface area contributed by atoms with E-state index >= 15 is 0 Å². The summed E-state index contributed by atoms with van der Waals surface area (Å²) in [5, 5.41) is 53.5. The molecule has 0 radical (unpaired) electrons. The highest BCUT2D eigenvalue weighted by atomic mass is 16.7. The van der Waals surface area contributed by atoms with Crippen LogP contribution in [0.4, 0.5) is 0 Å². The normalized spacial score (nSPS) is 33.8. The first-order valence-electron chi connectivity index (χ1n) is 18.8. The Bertz CT molecular complexity index is 1890. The van der Waals surface area contributed by atoms with E-state index in [9.17, 15) is 39.6 Å². The zero-order chi connectivity index (χ0) is 40.6. The number of fused-ring (bicyclic) bond motifs is 15. The molecular weight excluding hydrogens is 708 g/mol. The van der Waals surface area contributed by atoms with Gasteiger partial charge >= 0.3 is 5.79 Å². The lowest BCUT2D eigenvalue weighted by molar-refractivity contribution is -0.116. The first kappa shape index (κ1) is 41.5. The van der Waals surface area contributed by atoms with Crippen molar-refractivity contribution in [2.75, 3.05) is 33.2 Å². The second-order valence-corrected chi connectivity index (χ2v) is 15.7. The van der Waals surface area contributed by atoms with E-state index in [0.29, 0.717) is 39.0 Å². The van der Waals surface area contributed by atoms with Gasteiger partial charge in [0.1, 0.15) is 17.2 Å². The van der Waals surface area contributed by atoms with Crippen molar-refractivity contribution < 1.29 is 49.1 Å². The topological polar surface area (TPSA) is 199 Å². The number of Topliss-reactive ketones (excluding diaryl/α,β-unsaturated/α-hetero) is 3. The number of ketones is 3. The Hall–Kier alpha value is -4.63. The highest BCUT2D eigenvalue weighted by molar-refractivity contribution is 6.37. The number of aliphatic hydroxyl groups is 3. The van der Waals surface area contributed by atoms with Crippen molar-refractivity contribution in [3.05, 3.63) is 69.7 Å². The summed E-state index contributed by atoms with van der Waals surface area (Å²) in [7, 11) is 1.97. The third kappa shape index (κ3) is 8.32. The third-order valence-electron chi connectivity index (χ3n) is 11.5. The fraction of sp³-hybridized carbons (Fsp3) is 0.537. The monoisotopic (exact) mass is 762 g/mol. The number of aromatic hydroxyl groups is 1. The SMILES string of the molecule is C/C1=C/C=C/C(C)(O)C(C)C[C@@H](C)C(O)[C@@H](C)C(O)CC/C=C/OC2(C)Oc3c(C)c(O)c4c(c3C2=O)C(=O)C(/C=N/N2CCN(C)CC2)=C(NC1=O)C4=O. The number of rotatable bonds is 2. The molecular formula is C41H54N4O10. The zero-order valence-corrected chi connectivity index (χ0v) is 32.9. The largest absolute Gasteiger partial charge is 0.507 e. The highest BCUT2D eigenvalue weighted by Crippen LogP contribution is 2.48. The first-order chi connectivity index (χ1) is 25.8. The zero-order valence-electron chi connectivity index (χ0n) is 32.9. The van der Waals surface area contributed by atoms with E-state index in [1.165, 1.54) is 51.5 Å². The summed E-state index contributed by atoms with van der Waals surface area (Å²) in [5.41, 5.74) is -2.97. The van der Waals surface area contributed by atoms with Crippen LogP contribution in [0.15, 0.2) is 52.5 Å². The molecule has 298 valence electrons. The van der Waals surface area contributed by atoms with Crippen LogP contribution in [0.1, 0.15) is 97.4 Å². The summed E-state index contributed by atoms with van der Waals surface area (Å²) >= 11 is 0. The number of amides is 1. The van der Waals surface area contributed by atoms with Crippen molar-refractivity contribution in [2.24, 2.45) is 22.9 Å². The molecule has 1 amide bonds. The van der Waals surface area contributed by atoms with Crippen molar-refractivity contribution in [3.8, 4) is 11.5 Å². The predicted molar refractivity (Wildman–Crippen MR) is 205 cm³/mol. The molecule has 0 spiro atoms. The maximum absolute atomic E-state index is 14.5. The molecule has 5 N–H and O–H groups in total. The summed E-state index contributed by atoms with van der Waals surface area (Å²) in [6.07, 6.45) is 7.85. The number of phenolic OH excluding ortho intramolecular Hbond substituents is 1. The molecule has 5 aliphatic rings. The molecule has 5 bridgehead atoms. The molecule has 1 saturated heterocycles. The van der Waals surface area contributed by atoms with Crippen molar-refractivity contribution in [2.45, 2.75) is 91.3 Å². The van der Waals surface area contributed by atoms with E-state index in [0.717, 1.165) is 0 Å². The van der Waals surface area contributed by atoms with Crippen molar-refractivity contribution in [1.29, 1.82) is 0 Å². The van der Waals surface area contributed by atoms with Crippen LogP contribution in [0.25, 0.3) is 0 Å². The molecule has 0 saturated carbocycles. The van der Waals surface area contributed by atoms with Gasteiger partial charge in [0, 0.05) is 50.2 Å². The van der Waals surface area contributed by atoms with Crippen molar-refractivity contribution >= 4 is 29.5 Å². The van der Waals surface area contributed by atoms with Gasteiger partial charge in [-0.2, -0.15) is 5.10 Å². The summed E-state index contributed by atoms with van der Waals surface area (Å²) in [5.74, 6) is -7.00. The second-order valence-electron chi connectivity index (χ2n) is 15.7. The molecule has 55 heavy (non-hydrogen) atoms. The highest BCUT2D eigenvalue weighted by Gasteiger charge is 2.52. The Morgan fingerprint density at radius 1 is 0.982 bits per heavy atom. The van der Waals surface area contributed by atoms with Crippen LogP contribution in [0, 0.1) is 24.7 Å². The van der Waals surface area contributed by atoms with E-state index in [4.69, 9.17) is 9.47 Å². The number of ether oxygens (including phenoxy) is 2. The lowest BCUT2D eigenvalue weighted by Gasteiger charge is -2.33. The molecule has 1 fully saturated rings. The van der Waals surface area contributed by atoms with Gasteiger partial charge in [-0.15, -0.1) is 0 Å². The van der Waals surface area contributed by atoms with Gasteiger partial charge in [0.15, 0.2) is 5.78 Å². The minimum Gasteiger partial charge on any atom is -0.507 e. The number of hydrazone groups is 1. The summed E-state index contributed by atoms with van der Waals surface area (Å²) in [6.45, 7) is 13.9. The number of hydrogen-bond acceptors (Lipinski definition) is 13.